The zero-order valence-corrected chi connectivity index (χ0v) is 16.2. The minimum Gasteiger partial charge on any atom is -0.465 e. The summed E-state index contributed by atoms with van der Waals surface area (Å²) in [6, 6.07) is -0.491. The van der Waals surface area contributed by atoms with Gasteiger partial charge >= 0.3 is 12.3 Å². The number of amides is 1. The number of hydrogen-bond acceptors (Lipinski definition) is 5. The maximum atomic E-state index is 14.3. The van der Waals surface area contributed by atoms with E-state index in [0.29, 0.717) is 18.7 Å². The van der Waals surface area contributed by atoms with Crippen LogP contribution in [0.4, 0.5) is 31.1 Å². The van der Waals surface area contributed by atoms with Crippen LogP contribution in [0.3, 0.4) is 0 Å². The lowest BCUT2D eigenvalue weighted by atomic mass is 9.92. The van der Waals surface area contributed by atoms with Gasteiger partial charge in [-0.25, -0.2) is 27.6 Å². The first-order valence-electron chi connectivity index (χ1n) is 9.53. The third kappa shape index (κ3) is 4.37. The Morgan fingerprint density at radius 3 is 2.56 bits per heavy atom. The fraction of sp³-hybridized carbons (Fsp3) is 0.500. The molecule has 0 spiro atoms. The predicted octanol–water partition coefficient (Wildman–Crippen LogP) is 2.70. The number of benzene rings is 1. The van der Waals surface area contributed by atoms with Crippen molar-refractivity contribution in [3.63, 3.8) is 0 Å². The summed E-state index contributed by atoms with van der Waals surface area (Å²) in [5, 5.41) is 14.8. The Balaban J connectivity index is 1.53. The molecule has 3 heterocycles. The smallest absolute Gasteiger partial charge is 0.453 e. The van der Waals surface area contributed by atoms with Crippen LogP contribution in [0.2, 0.25) is 0 Å². The number of carboxylic acid groups (broad SMARTS) is 1. The molecular formula is C18H17F6N5O3. The molecule has 1 fully saturated rings. The summed E-state index contributed by atoms with van der Waals surface area (Å²) >= 11 is 0. The lowest BCUT2D eigenvalue weighted by molar-refractivity contribution is -0.145. The second-order valence-corrected chi connectivity index (χ2v) is 7.53. The van der Waals surface area contributed by atoms with Crippen molar-refractivity contribution in [1.29, 1.82) is 0 Å². The summed E-state index contributed by atoms with van der Waals surface area (Å²) in [7, 11) is 0. The molecule has 1 aromatic heterocycles. The Morgan fingerprint density at radius 1 is 1.16 bits per heavy atom. The second kappa shape index (κ2) is 8.24. The molecule has 2 aliphatic heterocycles. The van der Waals surface area contributed by atoms with Crippen molar-refractivity contribution in [3.05, 3.63) is 46.8 Å². The van der Waals surface area contributed by atoms with Crippen LogP contribution in [0.15, 0.2) is 12.1 Å². The van der Waals surface area contributed by atoms with Crippen LogP contribution in [0.1, 0.15) is 29.7 Å². The molecular weight excluding hydrogens is 448 g/mol. The van der Waals surface area contributed by atoms with E-state index in [0.717, 1.165) is 4.68 Å². The summed E-state index contributed by atoms with van der Waals surface area (Å²) in [5.74, 6) is -4.93. The maximum Gasteiger partial charge on any atom is 0.453 e. The van der Waals surface area contributed by atoms with Gasteiger partial charge in [0.05, 0.1) is 25.7 Å². The van der Waals surface area contributed by atoms with Crippen LogP contribution in [0, 0.1) is 17.5 Å². The molecule has 8 nitrogen and oxygen atoms in total. The van der Waals surface area contributed by atoms with E-state index in [1.807, 2.05) is 0 Å². The maximum absolute atomic E-state index is 14.3. The number of halogens is 6. The topological polar surface area (TPSA) is 92.5 Å². The quantitative estimate of drug-likeness (QED) is 0.535. The first-order chi connectivity index (χ1) is 15.0. The van der Waals surface area contributed by atoms with Crippen LogP contribution < -0.4 is 5.32 Å². The fourth-order valence-electron chi connectivity index (χ4n) is 4.01. The molecule has 0 radical (unpaired) electrons. The zero-order chi connectivity index (χ0) is 23.2. The van der Waals surface area contributed by atoms with Gasteiger partial charge in [0.2, 0.25) is 0 Å². The van der Waals surface area contributed by atoms with E-state index in [1.165, 1.54) is 0 Å². The Hall–Kier alpha value is -2.87. The molecule has 14 heteroatoms. The molecule has 1 saturated heterocycles. The van der Waals surface area contributed by atoms with Crippen LogP contribution in [0.25, 0.3) is 0 Å². The molecule has 1 aromatic carbocycles. The second-order valence-electron chi connectivity index (χ2n) is 7.53. The van der Waals surface area contributed by atoms with Gasteiger partial charge < -0.3 is 15.2 Å². The van der Waals surface area contributed by atoms with Crippen molar-refractivity contribution >= 4 is 6.09 Å². The number of rotatable bonds is 3. The lowest BCUT2D eigenvalue weighted by Crippen LogP contribution is -2.53. The van der Waals surface area contributed by atoms with Gasteiger partial charge in [0, 0.05) is 24.2 Å². The molecule has 4 rings (SSSR count). The molecule has 1 amide bonds. The SMILES string of the molecule is O=C(O)N[C@H]1C[C@@H](N2CCn3nc(C(F)(F)F)nc3C2)CO[C@@H]1c1cc(F)c(F)cc1F. The average molecular weight is 465 g/mol. The molecule has 3 atom stereocenters. The highest BCUT2D eigenvalue weighted by atomic mass is 19.4. The van der Waals surface area contributed by atoms with E-state index >= 15 is 0 Å². The van der Waals surface area contributed by atoms with E-state index in [-0.39, 0.29) is 37.5 Å². The normalized spacial score (nSPS) is 24.2. The molecule has 0 saturated carbocycles. The highest BCUT2D eigenvalue weighted by molar-refractivity contribution is 5.65. The van der Waals surface area contributed by atoms with Crippen molar-refractivity contribution in [2.24, 2.45) is 0 Å². The Bertz CT molecular complexity index is 1030. The third-order valence-corrected chi connectivity index (χ3v) is 5.48. The highest BCUT2D eigenvalue weighted by Gasteiger charge is 2.41. The summed E-state index contributed by atoms with van der Waals surface area (Å²) in [6.45, 7) is 0.404. The van der Waals surface area contributed by atoms with Crippen LogP contribution >= 0.6 is 0 Å². The van der Waals surface area contributed by atoms with Crippen molar-refractivity contribution in [2.75, 3.05) is 13.2 Å². The van der Waals surface area contributed by atoms with Gasteiger partial charge in [-0.1, -0.05) is 0 Å². The predicted molar refractivity (Wildman–Crippen MR) is 93.8 cm³/mol. The summed E-state index contributed by atoms with van der Waals surface area (Å²) in [6.07, 6.45) is -7.24. The van der Waals surface area contributed by atoms with Gasteiger partial charge in [-0.2, -0.15) is 13.2 Å². The number of nitrogens with zero attached hydrogens (tertiary/aromatic N) is 4. The lowest BCUT2D eigenvalue weighted by Gasteiger charge is -2.42. The third-order valence-electron chi connectivity index (χ3n) is 5.48. The van der Waals surface area contributed by atoms with Crippen molar-refractivity contribution < 1.29 is 41.0 Å². The monoisotopic (exact) mass is 465 g/mol. The van der Waals surface area contributed by atoms with Crippen LogP contribution in [-0.4, -0.2) is 56.1 Å². The fourth-order valence-corrected chi connectivity index (χ4v) is 4.01. The van der Waals surface area contributed by atoms with Crippen molar-refractivity contribution in [2.45, 2.75) is 43.9 Å². The molecule has 174 valence electrons. The minimum absolute atomic E-state index is 0.0150. The molecule has 2 N–H and O–H groups in total. The van der Waals surface area contributed by atoms with E-state index in [9.17, 15) is 31.1 Å². The average Bonchev–Trinajstić information content (AvgIpc) is 3.14. The van der Waals surface area contributed by atoms with Gasteiger partial charge in [-0.15, -0.1) is 5.10 Å². The highest BCUT2D eigenvalue weighted by Crippen LogP contribution is 2.34. The van der Waals surface area contributed by atoms with E-state index in [1.54, 1.807) is 4.90 Å². The number of hydrogen-bond donors (Lipinski definition) is 2. The number of ether oxygens (including phenoxy) is 1. The largest absolute Gasteiger partial charge is 0.465 e. The van der Waals surface area contributed by atoms with E-state index < -0.39 is 53.7 Å². The van der Waals surface area contributed by atoms with E-state index in [4.69, 9.17) is 9.84 Å². The van der Waals surface area contributed by atoms with Crippen molar-refractivity contribution in [3.8, 4) is 0 Å². The molecule has 32 heavy (non-hydrogen) atoms. The van der Waals surface area contributed by atoms with Crippen LogP contribution in [0.5, 0.6) is 0 Å². The molecule has 0 unspecified atom stereocenters. The van der Waals surface area contributed by atoms with Crippen molar-refractivity contribution in [1.82, 2.24) is 25.0 Å². The van der Waals surface area contributed by atoms with Gasteiger partial charge in [0.25, 0.3) is 5.82 Å². The van der Waals surface area contributed by atoms with Gasteiger partial charge in [-0.05, 0) is 12.5 Å². The molecule has 2 aliphatic rings. The number of alkyl halides is 3. The Morgan fingerprint density at radius 2 is 1.88 bits per heavy atom. The number of aromatic nitrogens is 3. The Labute approximate surface area is 176 Å². The van der Waals surface area contributed by atoms with Gasteiger partial charge in [0.15, 0.2) is 11.6 Å². The molecule has 2 aromatic rings. The number of fused-ring (bicyclic) bond motifs is 1. The summed E-state index contributed by atoms with van der Waals surface area (Å²) in [4.78, 5) is 16.6. The number of nitrogens with one attached hydrogen (secondary N) is 1. The van der Waals surface area contributed by atoms with E-state index in [2.05, 4.69) is 15.4 Å². The minimum atomic E-state index is -4.68. The number of carbonyl (C=O) groups is 1. The van der Waals surface area contributed by atoms with Gasteiger partial charge in [-0.3, -0.25) is 4.90 Å². The molecule has 0 bridgehead atoms. The summed E-state index contributed by atoms with van der Waals surface area (Å²) in [5.41, 5.74) is -0.339. The zero-order valence-electron chi connectivity index (χ0n) is 16.2. The first kappa shape index (κ1) is 22.3. The Kier molecular flexibility index (Phi) is 5.75. The van der Waals surface area contributed by atoms with Gasteiger partial charge in [0.1, 0.15) is 17.7 Å². The van der Waals surface area contributed by atoms with Crippen LogP contribution in [-0.2, 0) is 24.0 Å². The standard InChI is InChI=1S/C18H17F6N5O3/c19-10-5-12(21)11(20)4-9(10)15-13(25-17(30)31)3-8(7-32-15)28-1-2-29-14(6-28)26-16(27-29)18(22,23)24/h4-5,8,13,15,25H,1-3,6-7H2,(H,30,31)/t8-,13+,15-/m1/s1. The summed E-state index contributed by atoms with van der Waals surface area (Å²) < 4.78 is 86.6. The molecule has 0 aliphatic carbocycles. The first-order valence-corrected chi connectivity index (χ1v) is 9.53.